The summed E-state index contributed by atoms with van der Waals surface area (Å²) in [7, 11) is 0. The Morgan fingerprint density at radius 2 is 1.85 bits per heavy atom. The predicted octanol–water partition coefficient (Wildman–Crippen LogP) is 3.69. The molecule has 2 nitrogen and oxygen atoms in total. The molecule has 0 atom stereocenters. The van der Waals surface area contributed by atoms with Crippen molar-refractivity contribution in [2.24, 2.45) is 0 Å². The number of nitrogens with zero attached hydrogens (tertiary/aromatic N) is 1. The van der Waals surface area contributed by atoms with Crippen molar-refractivity contribution in [2.75, 3.05) is 13.1 Å². The normalized spacial score (nSPS) is 15.2. The van der Waals surface area contributed by atoms with Crippen LogP contribution in [0.25, 0.3) is 15.9 Å². The standard InChI is InChI=1S/C17H18N2S/c1-12-2-4-13(5-3-12)19-11-8-16-17(19)14-6-9-18-10-7-15(14)20-16/h2-5,8,11,18H,6-7,9-10H2,1H3. The van der Waals surface area contributed by atoms with Crippen LogP contribution >= 0.6 is 11.3 Å². The summed E-state index contributed by atoms with van der Waals surface area (Å²) >= 11 is 1.97. The Bertz CT molecular complexity index is 749. The molecule has 3 heteroatoms. The fourth-order valence-electron chi connectivity index (χ4n) is 3.04. The van der Waals surface area contributed by atoms with Crippen LogP contribution in [0.4, 0.5) is 0 Å². The first-order valence-electron chi connectivity index (χ1n) is 7.22. The Morgan fingerprint density at radius 1 is 1.05 bits per heavy atom. The average Bonchev–Trinajstić information content (AvgIpc) is 2.92. The van der Waals surface area contributed by atoms with Gasteiger partial charge in [0.05, 0.1) is 10.2 Å². The Balaban J connectivity index is 1.91. The van der Waals surface area contributed by atoms with Crippen LogP contribution in [0.2, 0.25) is 0 Å². The third-order valence-corrected chi connectivity index (χ3v) is 5.34. The van der Waals surface area contributed by atoms with E-state index >= 15 is 0 Å². The number of fused-ring (bicyclic) bond motifs is 3. The molecule has 0 aliphatic carbocycles. The molecule has 20 heavy (non-hydrogen) atoms. The molecule has 0 bridgehead atoms. The number of aromatic nitrogens is 1. The van der Waals surface area contributed by atoms with Gasteiger partial charge in [0.1, 0.15) is 0 Å². The van der Waals surface area contributed by atoms with Crippen LogP contribution in [0.1, 0.15) is 16.0 Å². The summed E-state index contributed by atoms with van der Waals surface area (Å²) in [6.45, 7) is 4.34. The van der Waals surface area contributed by atoms with E-state index < -0.39 is 0 Å². The largest absolute Gasteiger partial charge is 0.316 e. The zero-order valence-electron chi connectivity index (χ0n) is 11.6. The molecule has 1 aromatic carbocycles. The highest BCUT2D eigenvalue weighted by Gasteiger charge is 2.17. The average molecular weight is 282 g/mol. The summed E-state index contributed by atoms with van der Waals surface area (Å²) in [5.74, 6) is 0. The molecule has 1 aliphatic heterocycles. The molecule has 0 amide bonds. The fourth-order valence-corrected chi connectivity index (χ4v) is 4.28. The lowest BCUT2D eigenvalue weighted by molar-refractivity contribution is 0.712. The number of benzene rings is 1. The van der Waals surface area contributed by atoms with Gasteiger partial charge in [0, 0.05) is 16.8 Å². The topological polar surface area (TPSA) is 17.0 Å². The summed E-state index contributed by atoms with van der Waals surface area (Å²) in [4.78, 5) is 1.57. The molecular formula is C17H18N2S. The van der Waals surface area contributed by atoms with Crippen molar-refractivity contribution in [1.29, 1.82) is 0 Å². The molecule has 2 aromatic heterocycles. The minimum absolute atomic E-state index is 1.10. The van der Waals surface area contributed by atoms with Gasteiger partial charge in [-0.2, -0.15) is 0 Å². The number of nitrogens with one attached hydrogen (secondary N) is 1. The van der Waals surface area contributed by atoms with E-state index in [2.05, 4.69) is 53.3 Å². The third kappa shape index (κ3) is 1.89. The monoisotopic (exact) mass is 282 g/mol. The van der Waals surface area contributed by atoms with Gasteiger partial charge in [-0.05, 0) is 56.6 Å². The first kappa shape index (κ1) is 12.2. The molecule has 4 rings (SSSR count). The van der Waals surface area contributed by atoms with Crippen molar-refractivity contribution in [3.63, 3.8) is 0 Å². The maximum Gasteiger partial charge on any atom is 0.0671 e. The first-order valence-corrected chi connectivity index (χ1v) is 8.04. The van der Waals surface area contributed by atoms with Gasteiger partial charge in [-0.3, -0.25) is 0 Å². The zero-order valence-corrected chi connectivity index (χ0v) is 12.5. The lowest BCUT2D eigenvalue weighted by Gasteiger charge is -2.07. The van der Waals surface area contributed by atoms with E-state index in [-0.39, 0.29) is 0 Å². The van der Waals surface area contributed by atoms with Crippen LogP contribution in [0, 0.1) is 6.92 Å². The molecule has 0 radical (unpaired) electrons. The van der Waals surface area contributed by atoms with E-state index in [1.54, 1.807) is 10.4 Å². The Labute approximate surface area is 123 Å². The van der Waals surface area contributed by atoms with E-state index in [1.165, 1.54) is 27.9 Å². The van der Waals surface area contributed by atoms with Crippen molar-refractivity contribution in [1.82, 2.24) is 9.88 Å². The minimum atomic E-state index is 1.10. The van der Waals surface area contributed by atoms with Crippen LogP contribution in [0.3, 0.4) is 0 Å². The highest BCUT2D eigenvalue weighted by Crippen LogP contribution is 2.35. The van der Waals surface area contributed by atoms with Crippen molar-refractivity contribution in [3.8, 4) is 5.69 Å². The molecule has 0 saturated carbocycles. The van der Waals surface area contributed by atoms with Gasteiger partial charge in [0.15, 0.2) is 0 Å². The number of hydrogen-bond donors (Lipinski definition) is 1. The minimum Gasteiger partial charge on any atom is -0.316 e. The fraction of sp³-hybridized carbons (Fsp3) is 0.294. The lowest BCUT2D eigenvalue weighted by Crippen LogP contribution is -2.16. The second kappa shape index (κ2) is 4.76. The van der Waals surface area contributed by atoms with Gasteiger partial charge in [-0.1, -0.05) is 17.7 Å². The summed E-state index contributed by atoms with van der Waals surface area (Å²) in [5, 5.41) is 3.50. The van der Waals surface area contributed by atoms with Crippen molar-refractivity contribution in [2.45, 2.75) is 19.8 Å². The van der Waals surface area contributed by atoms with Crippen molar-refractivity contribution < 1.29 is 0 Å². The van der Waals surface area contributed by atoms with Gasteiger partial charge in [0.25, 0.3) is 0 Å². The van der Waals surface area contributed by atoms with E-state index in [4.69, 9.17) is 0 Å². The van der Waals surface area contributed by atoms with Gasteiger partial charge >= 0.3 is 0 Å². The molecule has 1 aliphatic rings. The molecule has 1 N–H and O–H groups in total. The molecule has 3 heterocycles. The molecule has 0 saturated heterocycles. The van der Waals surface area contributed by atoms with Crippen LogP contribution in [0.5, 0.6) is 0 Å². The summed E-state index contributed by atoms with van der Waals surface area (Å²) in [6.07, 6.45) is 4.53. The second-order valence-corrected chi connectivity index (χ2v) is 6.62. The predicted molar refractivity (Wildman–Crippen MR) is 86.2 cm³/mol. The van der Waals surface area contributed by atoms with Gasteiger partial charge in [-0.15, -0.1) is 11.3 Å². The lowest BCUT2D eigenvalue weighted by atomic mass is 10.1. The van der Waals surface area contributed by atoms with Crippen LogP contribution in [-0.2, 0) is 12.8 Å². The zero-order chi connectivity index (χ0) is 13.5. The molecule has 3 aromatic rings. The van der Waals surface area contributed by atoms with Gasteiger partial charge < -0.3 is 9.88 Å². The molecule has 0 unspecified atom stereocenters. The molecule has 102 valence electrons. The highest BCUT2D eigenvalue weighted by atomic mass is 32.1. The smallest absolute Gasteiger partial charge is 0.0671 e. The van der Waals surface area contributed by atoms with E-state index in [9.17, 15) is 0 Å². The third-order valence-electron chi connectivity index (χ3n) is 4.10. The SMILES string of the molecule is Cc1ccc(-n2ccc3sc4c(c32)CCNCC4)cc1. The Hall–Kier alpha value is -1.58. The van der Waals surface area contributed by atoms with Crippen molar-refractivity contribution >= 4 is 21.6 Å². The second-order valence-electron chi connectivity index (χ2n) is 5.49. The number of thiophene rings is 1. The van der Waals surface area contributed by atoms with Crippen molar-refractivity contribution in [3.05, 3.63) is 52.5 Å². The highest BCUT2D eigenvalue weighted by molar-refractivity contribution is 7.19. The van der Waals surface area contributed by atoms with E-state index in [1.807, 2.05) is 11.3 Å². The number of aryl methyl sites for hydroxylation is 1. The first-order chi connectivity index (χ1) is 9.83. The van der Waals surface area contributed by atoms with Crippen LogP contribution in [-0.4, -0.2) is 17.7 Å². The van der Waals surface area contributed by atoms with Crippen LogP contribution < -0.4 is 5.32 Å². The summed E-state index contributed by atoms with van der Waals surface area (Å²) in [6, 6.07) is 11.1. The molecule has 0 fully saturated rings. The van der Waals surface area contributed by atoms with Gasteiger partial charge in [-0.25, -0.2) is 0 Å². The number of hydrogen-bond acceptors (Lipinski definition) is 2. The maximum absolute atomic E-state index is 3.50. The van der Waals surface area contributed by atoms with Gasteiger partial charge in [0.2, 0.25) is 0 Å². The number of rotatable bonds is 1. The Kier molecular flexibility index (Phi) is 2.90. The van der Waals surface area contributed by atoms with E-state index in [0.29, 0.717) is 0 Å². The molecule has 0 spiro atoms. The van der Waals surface area contributed by atoms with E-state index in [0.717, 1.165) is 19.5 Å². The summed E-state index contributed by atoms with van der Waals surface area (Å²) in [5.41, 5.74) is 5.56. The summed E-state index contributed by atoms with van der Waals surface area (Å²) < 4.78 is 3.78. The Morgan fingerprint density at radius 3 is 2.70 bits per heavy atom. The molecular weight excluding hydrogens is 264 g/mol. The van der Waals surface area contributed by atoms with Crippen LogP contribution in [0.15, 0.2) is 36.5 Å². The maximum atomic E-state index is 3.50. The quantitative estimate of drug-likeness (QED) is 0.720.